The quantitative estimate of drug-likeness (QED) is 0.0249. The van der Waals surface area contributed by atoms with Gasteiger partial charge in [0.2, 0.25) is 0 Å². The molecule has 7 rings (SSSR count). The van der Waals surface area contributed by atoms with Crippen LogP contribution >= 0.6 is 22.7 Å². The number of allylic oxidation sites excluding steroid dienone is 9. The third-order valence-electron chi connectivity index (χ3n) is 10.7. The highest BCUT2D eigenvalue weighted by molar-refractivity contribution is 7.16. The van der Waals surface area contributed by atoms with Crippen LogP contribution in [0.1, 0.15) is 20.9 Å². The van der Waals surface area contributed by atoms with Crippen molar-refractivity contribution >= 4 is 75.2 Å². The molecule has 346 valence electrons. The number of thiophene rings is 2. The van der Waals surface area contributed by atoms with E-state index in [9.17, 15) is 9.59 Å². The Morgan fingerprint density at radius 1 is 0.500 bits per heavy atom. The highest BCUT2D eigenvalue weighted by Gasteiger charge is 2.15. The summed E-state index contributed by atoms with van der Waals surface area (Å²) in [6.45, 7) is 23.6. The van der Waals surface area contributed by atoms with E-state index < -0.39 is 11.9 Å². The Morgan fingerprint density at radius 3 is 1.39 bits per heavy atom. The van der Waals surface area contributed by atoms with Gasteiger partial charge in [-0.25, -0.2) is 9.59 Å². The Labute approximate surface area is 419 Å². The standard InChI is InChI=1S/C62H52N2O4S2/c1-8-50(12-11-43-67-61(65)9-2)63(51-25-15-46(6)16-26-51)53-29-21-48(22-30-53)59-41-39-57(69-59)37-19-44(4)13-14-45(5)20-38-58-40-42-60(70-58)49-23-31-54(32-24-49)64(52-27-17-47(7)18-28-52)55-33-35-56(36-34-55)68-62(66)10-3/h8-43H,1-5H2,6-7H3. The van der Waals surface area contributed by atoms with Crippen LogP contribution in [-0.4, -0.2) is 11.9 Å². The minimum Gasteiger partial charge on any atom is -0.431 e. The molecule has 0 atom stereocenters. The molecule has 0 bridgehead atoms. The number of esters is 2. The minimum absolute atomic E-state index is 0.456. The average molecular weight is 953 g/mol. The summed E-state index contributed by atoms with van der Waals surface area (Å²) in [4.78, 5) is 32.1. The molecule has 6 nitrogen and oxygen atoms in total. The summed E-state index contributed by atoms with van der Waals surface area (Å²) in [5.41, 5.74) is 11.9. The van der Waals surface area contributed by atoms with Crippen LogP contribution in [0.5, 0.6) is 5.75 Å². The smallest absolute Gasteiger partial charge is 0.335 e. The molecule has 7 aromatic rings. The monoisotopic (exact) mass is 952 g/mol. The number of carbonyl (C=O) groups excluding carboxylic acids is 2. The van der Waals surface area contributed by atoms with Crippen molar-refractivity contribution in [3.05, 3.63) is 277 Å². The van der Waals surface area contributed by atoms with Crippen molar-refractivity contribution in [2.75, 3.05) is 9.80 Å². The van der Waals surface area contributed by atoms with Gasteiger partial charge in [-0.1, -0.05) is 117 Å². The SMILES string of the molecule is C=CC(=O)OC=CC=C(C=C)N(c1ccc(C)cc1)c1ccc(-c2ccc(C=CC(=C)C=CC(=C)C=Cc3ccc(-c4ccc(N(c5ccc(C)cc5)c5ccc(OC(=O)C=C)cc5)cc4)s3)s2)cc1. The Hall–Kier alpha value is -8.56. The molecule has 0 saturated heterocycles. The van der Waals surface area contributed by atoms with E-state index in [1.807, 2.05) is 42.5 Å². The van der Waals surface area contributed by atoms with E-state index in [1.54, 1.807) is 47.0 Å². The number of anilines is 5. The van der Waals surface area contributed by atoms with Crippen LogP contribution in [0.3, 0.4) is 0 Å². The van der Waals surface area contributed by atoms with Gasteiger partial charge in [-0.05, 0) is 164 Å². The number of rotatable bonds is 20. The van der Waals surface area contributed by atoms with Crippen molar-refractivity contribution < 1.29 is 19.1 Å². The van der Waals surface area contributed by atoms with E-state index >= 15 is 0 Å². The van der Waals surface area contributed by atoms with Gasteiger partial charge in [0.05, 0.1) is 6.26 Å². The molecule has 0 aliphatic rings. The van der Waals surface area contributed by atoms with Crippen LogP contribution in [0.2, 0.25) is 0 Å². The zero-order chi connectivity index (χ0) is 49.4. The van der Waals surface area contributed by atoms with E-state index in [2.05, 4.69) is 190 Å². The van der Waals surface area contributed by atoms with Crippen molar-refractivity contribution in [1.29, 1.82) is 0 Å². The topological polar surface area (TPSA) is 59.1 Å². The first kappa shape index (κ1) is 49.3. The summed E-state index contributed by atoms with van der Waals surface area (Å²) in [6, 6.07) is 49.6. The molecule has 0 saturated carbocycles. The van der Waals surface area contributed by atoms with Crippen molar-refractivity contribution in [2.45, 2.75) is 13.8 Å². The largest absolute Gasteiger partial charge is 0.431 e. The summed E-state index contributed by atoms with van der Waals surface area (Å²) < 4.78 is 10.3. The van der Waals surface area contributed by atoms with Gasteiger partial charge >= 0.3 is 11.9 Å². The summed E-state index contributed by atoms with van der Waals surface area (Å²) in [6.07, 6.45) is 21.0. The first-order valence-electron chi connectivity index (χ1n) is 22.3. The number of ether oxygens (including phenoxy) is 2. The van der Waals surface area contributed by atoms with Crippen molar-refractivity contribution in [3.63, 3.8) is 0 Å². The lowest BCUT2D eigenvalue weighted by Crippen LogP contribution is -2.15. The molecule has 2 heterocycles. The molecule has 0 aliphatic carbocycles. The molecular formula is C62H52N2O4S2. The highest BCUT2D eigenvalue weighted by atomic mass is 32.1. The van der Waals surface area contributed by atoms with Gasteiger partial charge in [0.15, 0.2) is 0 Å². The Balaban J connectivity index is 0.955. The maximum absolute atomic E-state index is 11.7. The lowest BCUT2D eigenvalue weighted by molar-refractivity contribution is -0.132. The van der Waals surface area contributed by atoms with Crippen LogP contribution in [0.15, 0.2) is 256 Å². The number of aryl methyl sites for hydroxylation is 2. The second kappa shape index (κ2) is 23.9. The minimum atomic E-state index is -0.525. The maximum atomic E-state index is 11.7. The zero-order valence-electron chi connectivity index (χ0n) is 39.2. The molecular weight excluding hydrogens is 901 g/mol. The average Bonchev–Trinajstić information content (AvgIpc) is 4.08. The normalized spacial score (nSPS) is 11.5. The van der Waals surface area contributed by atoms with Gasteiger partial charge in [0, 0.05) is 65.8 Å². The summed E-state index contributed by atoms with van der Waals surface area (Å²) in [7, 11) is 0. The fraction of sp³-hybridized carbons (Fsp3) is 0.0323. The molecule has 0 unspecified atom stereocenters. The second-order valence-electron chi connectivity index (χ2n) is 15.9. The number of benzene rings is 5. The molecule has 0 fully saturated rings. The van der Waals surface area contributed by atoms with Gasteiger partial charge in [0.25, 0.3) is 0 Å². The molecule has 0 radical (unpaired) electrons. The van der Waals surface area contributed by atoms with Gasteiger partial charge in [-0.15, -0.1) is 22.7 Å². The fourth-order valence-corrected chi connectivity index (χ4v) is 8.91. The van der Waals surface area contributed by atoms with E-state index in [1.165, 1.54) is 11.8 Å². The van der Waals surface area contributed by atoms with Crippen LogP contribution in [0.25, 0.3) is 33.0 Å². The molecule has 5 aromatic carbocycles. The van der Waals surface area contributed by atoms with Gasteiger partial charge in [-0.2, -0.15) is 0 Å². The summed E-state index contributed by atoms with van der Waals surface area (Å²) in [5, 5.41) is 0. The van der Waals surface area contributed by atoms with E-state index in [0.29, 0.717) is 5.75 Å². The first-order chi connectivity index (χ1) is 34.0. The lowest BCUT2D eigenvalue weighted by Gasteiger charge is -2.26. The molecule has 0 aliphatic heterocycles. The van der Waals surface area contributed by atoms with Crippen molar-refractivity contribution in [2.24, 2.45) is 0 Å². The third kappa shape index (κ3) is 13.3. The number of hydrogen-bond donors (Lipinski definition) is 0. The summed E-state index contributed by atoms with van der Waals surface area (Å²) >= 11 is 3.42. The molecule has 70 heavy (non-hydrogen) atoms. The number of hydrogen-bond acceptors (Lipinski definition) is 8. The third-order valence-corrected chi connectivity index (χ3v) is 12.9. The Morgan fingerprint density at radius 2 is 0.929 bits per heavy atom. The van der Waals surface area contributed by atoms with Crippen LogP contribution in [0.4, 0.5) is 28.4 Å². The van der Waals surface area contributed by atoms with Gasteiger partial charge in [-0.3, -0.25) is 0 Å². The molecule has 8 heteroatoms. The second-order valence-corrected chi connectivity index (χ2v) is 18.1. The number of nitrogens with zero attached hydrogens (tertiary/aromatic N) is 2. The van der Waals surface area contributed by atoms with E-state index in [0.717, 1.165) is 93.6 Å². The molecule has 0 amide bonds. The Bertz CT molecular complexity index is 3160. The van der Waals surface area contributed by atoms with Crippen LogP contribution in [0, 0.1) is 13.8 Å². The van der Waals surface area contributed by atoms with E-state index in [4.69, 9.17) is 9.47 Å². The predicted octanol–water partition coefficient (Wildman–Crippen LogP) is 17.2. The zero-order valence-corrected chi connectivity index (χ0v) is 40.8. The first-order valence-corrected chi connectivity index (χ1v) is 24.0. The van der Waals surface area contributed by atoms with Crippen LogP contribution < -0.4 is 14.5 Å². The van der Waals surface area contributed by atoms with Crippen molar-refractivity contribution in [3.8, 4) is 26.6 Å². The molecule has 0 N–H and O–H groups in total. The maximum Gasteiger partial charge on any atom is 0.335 e. The Kier molecular flexibility index (Phi) is 16.9. The highest BCUT2D eigenvalue weighted by Crippen LogP contribution is 2.38. The molecule has 2 aromatic heterocycles. The van der Waals surface area contributed by atoms with E-state index in [-0.39, 0.29) is 0 Å². The fourth-order valence-electron chi connectivity index (χ4n) is 7.08. The lowest BCUT2D eigenvalue weighted by atomic mass is 10.1. The number of carbonyl (C=O) groups is 2. The van der Waals surface area contributed by atoms with Crippen LogP contribution in [-0.2, 0) is 14.3 Å². The molecule has 0 spiro atoms. The summed E-state index contributed by atoms with van der Waals surface area (Å²) in [5.74, 6) is -0.565. The van der Waals surface area contributed by atoms with Gasteiger partial charge < -0.3 is 19.3 Å². The predicted molar refractivity (Wildman–Crippen MR) is 297 cm³/mol. The van der Waals surface area contributed by atoms with Crippen molar-refractivity contribution in [1.82, 2.24) is 0 Å². The van der Waals surface area contributed by atoms with Gasteiger partial charge in [0.1, 0.15) is 5.75 Å².